The second-order valence-corrected chi connectivity index (χ2v) is 7.57. The molecule has 0 saturated carbocycles. The largest absolute Gasteiger partial charge is 0.484 e. The van der Waals surface area contributed by atoms with E-state index < -0.39 is 5.82 Å². The zero-order chi connectivity index (χ0) is 22.0. The minimum Gasteiger partial charge on any atom is -0.484 e. The molecule has 2 heterocycles. The van der Waals surface area contributed by atoms with Gasteiger partial charge in [0.15, 0.2) is 5.11 Å². The molecular weight excluding hydrogens is 439 g/mol. The van der Waals surface area contributed by atoms with E-state index in [2.05, 4.69) is 5.32 Å². The van der Waals surface area contributed by atoms with Crippen molar-refractivity contribution in [1.29, 1.82) is 0 Å². The van der Waals surface area contributed by atoms with Gasteiger partial charge in [0.1, 0.15) is 35.4 Å². The summed E-state index contributed by atoms with van der Waals surface area (Å²) in [6.07, 6.45) is 2.37. The predicted molar refractivity (Wildman–Crippen MR) is 121 cm³/mol. The van der Waals surface area contributed by atoms with Gasteiger partial charge in [0.2, 0.25) is 0 Å². The van der Waals surface area contributed by atoms with Crippen LogP contribution in [0.15, 0.2) is 64.7 Å². The Morgan fingerprint density at radius 3 is 2.81 bits per heavy atom. The number of halogens is 2. The number of para-hydroxylation sites is 1. The maximum absolute atomic E-state index is 13.1. The highest BCUT2D eigenvalue weighted by Gasteiger charge is 2.33. The van der Waals surface area contributed by atoms with E-state index in [9.17, 15) is 9.18 Å². The Kier molecular flexibility index (Phi) is 6.06. The first kappa shape index (κ1) is 21.1. The number of hydrogen-bond donors (Lipinski definition) is 1. The second kappa shape index (κ2) is 8.91. The van der Waals surface area contributed by atoms with Gasteiger partial charge in [-0.2, -0.15) is 0 Å². The van der Waals surface area contributed by atoms with E-state index in [4.69, 9.17) is 33.0 Å². The average molecular weight is 457 g/mol. The van der Waals surface area contributed by atoms with E-state index in [0.717, 1.165) is 17.7 Å². The maximum atomic E-state index is 13.1. The number of carbonyl (C=O) groups is 1. The molecule has 0 radical (unpaired) electrons. The summed E-state index contributed by atoms with van der Waals surface area (Å²) in [4.78, 5) is 14.5. The summed E-state index contributed by atoms with van der Waals surface area (Å²) in [7, 11) is 0. The number of thiocarbonyl (C=S) groups is 1. The van der Waals surface area contributed by atoms with Crippen LogP contribution in [-0.4, -0.2) is 11.0 Å². The van der Waals surface area contributed by atoms with E-state index in [0.29, 0.717) is 28.1 Å². The fraction of sp³-hybridized carbons (Fsp3) is 0.130. The van der Waals surface area contributed by atoms with E-state index >= 15 is 0 Å². The molecule has 1 aliphatic rings. The SMILES string of the molecule is CCc1ccccc1N1C(=O)/C(=C\c2ccc(COc3ccc(F)cc3Cl)o2)NC1=S. The van der Waals surface area contributed by atoms with Crippen LogP contribution in [-0.2, 0) is 17.8 Å². The molecule has 1 N–H and O–H groups in total. The number of ether oxygens (including phenoxy) is 1. The molecule has 158 valence electrons. The summed E-state index contributed by atoms with van der Waals surface area (Å²) in [5.41, 5.74) is 2.11. The first-order chi connectivity index (χ1) is 15.0. The molecule has 0 aliphatic carbocycles. The highest BCUT2D eigenvalue weighted by atomic mass is 35.5. The third-order valence-electron chi connectivity index (χ3n) is 4.72. The highest BCUT2D eigenvalue weighted by Crippen LogP contribution is 2.28. The van der Waals surface area contributed by atoms with Gasteiger partial charge in [-0.15, -0.1) is 0 Å². The lowest BCUT2D eigenvalue weighted by molar-refractivity contribution is -0.113. The first-order valence-corrected chi connectivity index (χ1v) is 10.4. The minimum absolute atomic E-state index is 0.102. The van der Waals surface area contributed by atoms with Crippen LogP contribution in [0, 0.1) is 5.82 Å². The van der Waals surface area contributed by atoms with Crippen LogP contribution in [0.4, 0.5) is 10.1 Å². The molecule has 4 rings (SSSR count). The van der Waals surface area contributed by atoms with Gasteiger partial charge in [0.05, 0.1) is 10.7 Å². The van der Waals surface area contributed by atoms with Gasteiger partial charge in [0, 0.05) is 6.08 Å². The van der Waals surface area contributed by atoms with Gasteiger partial charge in [-0.3, -0.25) is 9.69 Å². The lowest BCUT2D eigenvalue weighted by Gasteiger charge is -2.17. The number of amides is 1. The van der Waals surface area contributed by atoms with Crippen molar-refractivity contribution >= 4 is 46.6 Å². The van der Waals surface area contributed by atoms with Gasteiger partial charge in [0.25, 0.3) is 5.91 Å². The number of aryl methyl sites for hydroxylation is 1. The monoisotopic (exact) mass is 456 g/mol. The molecule has 2 aromatic carbocycles. The Bertz CT molecular complexity index is 1190. The predicted octanol–water partition coefficient (Wildman–Crippen LogP) is 5.48. The van der Waals surface area contributed by atoms with Crippen molar-refractivity contribution in [1.82, 2.24) is 5.32 Å². The number of rotatable bonds is 6. The normalized spacial score (nSPS) is 14.9. The summed E-state index contributed by atoms with van der Waals surface area (Å²) in [5.74, 6) is 0.647. The van der Waals surface area contributed by atoms with E-state index in [-0.39, 0.29) is 17.5 Å². The summed E-state index contributed by atoms with van der Waals surface area (Å²) in [6, 6.07) is 15.0. The summed E-state index contributed by atoms with van der Waals surface area (Å²) >= 11 is 11.3. The number of benzene rings is 2. The molecule has 0 spiro atoms. The Hall–Kier alpha value is -3.16. The third-order valence-corrected chi connectivity index (χ3v) is 5.30. The van der Waals surface area contributed by atoms with E-state index in [1.165, 1.54) is 23.1 Å². The van der Waals surface area contributed by atoms with Crippen LogP contribution < -0.4 is 15.0 Å². The fourth-order valence-electron chi connectivity index (χ4n) is 3.21. The lowest BCUT2D eigenvalue weighted by atomic mass is 10.1. The van der Waals surface area contributed by atoms with E-state index in [1.807, 2.05) is 31.2 Å². The number of hydrogen-bond acceptors (Lipinski definition) is 4. The molecule has 31 heavy (non-hydrogen) atoms. The molecule has 1 aliphatic heterocycles. The van der Waals surface area contributed by atoms with Gasteiger partial charge in [-0.05, 0) is 60.6 Å². The zero-order valence-corrected chi connectivity index (χ0v) is 18.1. The molecule has 1 fully saturated rings. The van der Waals surface area contributed by atoms with Crippen molar-refractivity contribution in [3.8, 4) is 5.75 Å². The Morgan fingerprint density at radius 1 is 1.23 bits per heavy atom. The first-order valence-electron chi connectivity index (χ1n) is 9.58. The standard InChI is InChI=1S/C23H18ClFN2O3S/c1-2-14-5-3-4-6-20(14)27-22(28)19(26-23(27)31)12-16-8-9-17(30-16)13-29-21-10-7-15(25)11-18(21)24/h3-12H,2,13H2,1H3,(H,26,31)/b19-12+. The average Bonchev–Trinajstić information content (AvgIpc) is 3.31. The molecule has 3 aromatic rings. The number of anilines is 1. The highest BCUT2D eigenvalue weighted by molar-refractivity contribution is 7.80. The Morgan fingerprint density at radius 2 is 2.03 bits per heavy atom. The van der Waals surface area contributed by atoms with Gasteiger partial charge in [-0.25, -0.2) is 4.39 Å². The van der Waals surface area contributed by atoms with Crippen LogP contribution in [0.2, 0.25) is 5.02 Å². The number of furan rings is 1. The van der Waals surface area contributed by atoms with E-state index in [1.54, 1.807) is 18.2 Å². The van der Waals surface area contributed by atoms with Crippen molar-refractivity contribution < 1.29 is 18.3 Å². The summed E-state index contributed by atoms with van der Waals surface area (Å²) < 4.78 is 24.4. The molecular formula is C23H18ClFN2O3S. The van der Waals surface area contributed by atoms with Crippen molar-refractivity contribution in [2.45, 2.75) is 20.0 Å². The number of nitrogens with one attached hydrogen (secondary N) is 1. The lowest BCUT2D eigenvalue weighted by Crippen LogP contribution is -2.31. The molecule has 1 saturated heterocycles. The van der Waals surface area contributed by atoms with Crippen molar-refractivity contribution in [2.75, 3.05) is 4.90 Å². The van der Waals surface area contributed by atoms with Crippen LogP contribution >= 0.6 is 23.8 Å². The van der Waals surface area contributed by atoms with Gasteiger partial charge >= 0.3 is 0 Å². The third kappa shape index (κ3) is 4.47. The number of nitrogens with zero attached hydrogens (tertiary/aromatic N) is 1. The molecule has 1 aromatic heterocycles. The molecule has 0 unspecified atom stereocenters. The smallest absolute Gasteiger partial charge is 0.281 e. The molecule has 0 bridgehead atoms. The second-order valence-electron chi connectivity index (χ2n) is 6.78. The molecule has 1 amide bonds. The topological polar surface area (TPSA) is 54.7 Å². The molecule has 5 nitrogen and oxygen atoms in total. The van der Waals surface area contributed by atoms with Crippen molar-refractivity contribution in [3.63, 3.8) is 0 Å². The van der Waals surface area contributed by atoms with Crippen molar-refractivity contribution in [3.05, 3.63) is 88.2 Å². The minimum atomic E-state index is -0.438. The van der Waals surface area contributed by atoms with Crippen LogP contribution in [0.3, 0.4) is 0 Å². The number of carbonyl (C=O) groups excluding carboxylic acids is 1. The zero-order valence-electron chi connectivity index (χ0n) is 16.5. The Balaban J connectivity index is 1.49. The van der Waals surface area contributed by atoms with Crippen LogP contribution in [0.25, 0.3) is 6.08 Å². The summed E-state index contributed by atoms with van der Waals surface area (Å²) in [5, 5.41) is 3.45. The van der Waals surface area contributed by atoms with Crippen LogP contribution in [0.1, 0.15) is 24.0 Å². The Labute approximate surface area is 189 Å². The van der Waals surface area contributed by atoms with Gasteiger partial charge in [-0.1, -0.05) is 36.7 Å². The van der Waals surface area contributed by atoms with Crippen molar-refractivity contribution in [2.24, 2.45) is 0 Å². The fourth-order valence-corrected chi connectivity index (χ4v) is 3.73. The molecule has 0 atom stereocenters. The van der Waals surface area contributed by atoms with Crippen LogP contribution in [0.5, 0.6) is 5.75 Å². The quantitative estimate of drug-likeness (QED) is 0.393. The summed E-state index contributed by atoms with van der Waals surface area (Å²) in [6.45, 7) is 2.13. The van der Waals surface area contributed by atoms with Gasteiger partial charge < -0.3 is 14.5 Å². The molecule has 8 heteroatoms. The maximum Gasteiger partial charge on any atom is 0.281 e.